The summed E-state index contributed by atoms with van der Waals surface area (Å²) in [6, 6.07) is 15.9. The van der Waals surface area contributed by atoms with E-state index in [1.165, 1.54) is 11.6 Å². The van der Waals surface area contributed by atoms with Crippen LogP contribution in [0.1, 0.15) is 25.0 Å². The third kappa shape index (κ3) is 3.40. The zero-order chi connectivity index (χ0) is 14.5. The van der Waals surface area contributed by atoms with Crippen LogP contribution in [0.25, 0.3) is 0 Å². The van der Waals surface area contributed by atoms with Gasteiger partial charge in [0.25, 0.3) is 0 Å². The second-order valence-corrected chi connectivity index (χ2v) is 5.64. The summed E-state index contributed by atoms with van der Waals surface area (Å²) in [6.07, 6.45) is 0. The van der Waals surface area contributed by atoms with E-state index in [2.05, 4.69) is 46.8 Å². The molecule has 0 atom stereocenters. The Morgan fingerprint density at radius 3 is 2.35 bits per heavy atom. The summed E-state index contributed by atoms with van der Waals surface area (Å²) in [5, 5.41) is 0.521. The largest absolute Gasteiger partial charge is 0.364 e. The first kappa shape index (κ1) is 15.0. The van der Waals surface area contributed by atoms with Crippen LogP contribution >= 0.6 is 15.9 Å². The molecule has 0 N–H and O–H groups in total. The van der Waals surface area contributed by atoms with E-state index in [-0.39, 0.29) is 5.82 Å². The van der Waals surface area contributed by atoms with E-state index >= 15 is 0 Å². The third-order valence-electron chi connectivity index (χ3n) is 3.36. The van der Waals surface area contributed by atoms with E-state index in [1.54, 1.807) is 6.07 Å². The standard InChI is InChI=1S/C17H19BrFN/c1-13(2)20(12-14-7-4-3-5-8-14)17-10-6-9-16(19)15(17)11-18/h3-10,13H,11-12H2,1-2H3. The average molecular weight is 336 g/mol. The lowest BCUT2D eigenvalue weighted by Gasteiger charge is -2.31. The maximum atomic E-state index is 14.0. The molecule has 0 unspecified atom stereocenters. The zero-order valence-electron chi connectivity index (χ0n) is 11.8. The molecular weight excluding hydrogens is 317 g/mol. The molecule has 0 aromatic heterocycles. The Balaban J connectivity index is 2.37. The SMILES string of the molecule is CC(C)N(Cc1ccccc1)c1cccc(F)c1CBr. The second-order valence-electron chi connectivity index (χ2n) is 5.08. The maximum Gasteiger partial charge on any atom is 0.129 e. The molecule has 0 spiro atoms. The number of hydrogen-bond donors (Lipinski definition) is 0. The van der Waals surface area contributed by atoms with Crippen LogP contribution in [0.15, 0.2) is 48.5 Å². The molecule has 106 valence electrons. The van der Waals surface area contributed by atoms with Crippen LogP contribution in [0.3, 0.4) is 0 Å². The molecule has 0 heterocycles. The maximum absolute atomic E-state index is 14.0. The lowest BCUT2D eigenvalue weighted by Crippen LogP contribution is -2.31. The minimum absolute atomic E-state index is 0.155. The van der Waals surface area contributed by atoms with Gasteiger partial charge in [0.2, 0.25) is 0 Å². The summed E-state index contributed by atoms with van der Waals surface area (Å²) >= 11 is 3.40. The Morgan fingerprint density at radius 2 is 1.75 bits per heavy atom. The van der Waals surface area contributed by atoms with Crippen LogP contribution in [0.2, 0.25) is 0 Å². The monoisotopic (exact) mass is 335 g/mol. The average Bonchev–Trinajstić information content (AvgIpc) is 2.45. The van der Waals surface area contributed by atoms with Crippen molar-refractivity contribution in [3.63, 3.8) is 0 Å². The van der Waals surface area contributed by atoms with E-state index in [9.17, 15) is 4.39 Å². The van der Waals surface area contributed by atoms with Gasteiger partial charge >= 0.3 is 0 Å². The Bertz CT molecular complexity index is 554. The summed E-state index contributed by atoms with van der Waals surface area (Å²) < 4.78 is 14.0. The van der Waals surface area contributed by atoms with Gasteiger partial charge in [-0.25, -0.2) is 4.39 Å². The molecule has 0 amide bonds. The van der Waals surface area contributed by atoms with Gasteiger partial charge in [0.15, 0.2) is 0 Å². The number of benzene rings is 2. The van der Waals surface area contributed by atoms with Gasteiger partial charge in [-0.3, -0.25) is 0 Å². The number of hydrogen-bond acceptors (Lipinski definition) is 1. The highest BCUT2D eigenvalue weighted by atomic mass is 79.9. The van der Waals surface area contributed by atoms with Gasteiger partial charge in [0, 0.05) is 29.2 Å². The lowest BCUT2D eigenvalue weighted by molar-refractivity contribution is 0.611. The molecule has 0 fully saturated rings. The fourth-order valence-electron chi connectivity index (χ4n) is 2.27. The van der Waals surface area contributed by atoms with Crippen molar-refractivity contribution >= 4 is 21.6 Å². The van der Waals surface area contributed by atoms with E-state index in [0.29, 0.717) is 11.4 Å². The van der Waals surface area contributed by atoms with Crippen molar-refractivity contribution in [2.24, 2.45) is 0 Å². The Labute approximate surface area is 128 Å². The number of nitrogens with zero attached hydrogens (tertiary/aromatic N) is 1. The topological polar surface area (TPSA) is 3.24 Å². The fraction of sp³-hybridized carbons (Fsp3) is 0.294. The van der Waals surface area contributed by atoms with Crippen LogP contribution in [-0.4, -0.2) is 6.04 Å². The molecule has 2 aromatic rings. The zero-order valence-corrected chi connectivity index (χ0v) is 13.4. The first-order valence-electron chi connectivity index (χ1n) is 6.77. The highest BCUT2D eigenvalue weighted by molar-refractivity contribution is 9.08. The summed E-state index contributed by atoms with van der Waals surface area (Å²) in [4.78, 5) is 2.23. The van der Waals surface area contributed by atoms with Crippen LogP contribution < -0.4 is 4.90 Å². The van der Waals surface area contributed by atoms with Crippen molar-refractivity contribution in [3.05, 3.63) is 65.5 Å². The van der Waals surface area contributed by atoms with Crippen LogP contribution in [0.4, 0.5) is 10.1 Å². The quantitative estimate of drug-likeness (QED) is 0.684. The fourth-order valence-corrected chi connectivity index (χ4v) is 2.83. The number of halogens is 2. The minimum atomic E-state index is -0.155. The van der Waals surface area contributed by atoms with Crippen molar-refractivity contribution in [3.8, 4) is 0 Å². The Kier molecular flexibility index (Phi) is 5.18. The molecule has 3 heteroatoms. The number of anilines is 1. The molecular formula is C17H19BrFN. The summed E-state index contributed by atoms with van der Waals surface area (Å²) in [7, 11) is 0. The molecule has 0 aliphatic heterocycles. The summed E-state index contributed by atoms with van der Waals surface area (Å²) in [5.41, 5.74) is 2.91. The molecule has 0 saturated heterocycles. The van der Waals surface area contributed by atoms with Gasteiger partial charge in [-0.2, -0.15) is 0 Å². The molecule has 0 radical (unpaired) electrons. The van der Waals surface area contributed by atoms with Crippen molar-refractivity contribution in [2.45, 2.75) is 31.8 Å². The normalized spacial score (nSPS) is 10.8. The van der Waals surface area contributed by atoms with Crippen molar-refractivity contribution < 1.29 is 4.39 Å². The van der Waals surface area contributed by atoms with Gasteiger partial charge in [0.05, 0.1) is 0 Å². The van der Waals surface area contributed by atoms with Crippen LogP contribution in [-0.2, 0) is 11.9 Å². The van der Waals surface area contributed by atoms with E-state index in [0.717, 1.165) is 17.8 Å². The van der Waals surface area contributed by atoms with Crippen molar-refractivity contribution in [2.75, 3.05) is 4.90 Å². The summed E-state index contributed by atoms with van der Waals surface area (Å²) in [5.74, 6) is -0.155. The molecule has 0 aliphatic rings. The van der Waals surface area contributed by atoms with Crippen LogP contribution in [0.5, 0.6) is 0 Å². The second kappa shape index (κ2) is 6.89. The molecule has 0 saturated carbocycles. The van der Waals surface area contributed by atoms with Gasteiger partial charge in [-0.05, 0) is 31.5 Å². The first-order chi connectivity index (χ1) is 9.63. The summed E-state index contributed by atoms with van der Waals surface area (Å²) in [6.45, 7) is 5.04. The predicted octanol–water partition coefficient (Wildman–Crippen LogP) is 5.14. The minimum Gasteiger partial charge on any atom is -0.364 e. The number of alkyl halides is 1. The van der Waals surface area contributed by atoms with E-state index in [4.69, 9.17) is 0 Å². The van der Waals surface area contributed by atoms with Gasteiger partial charge in [-0.15, -0.1) is 0 Å². The highest BCUT2D eigenvalue weighted by Crippen LogP contribution is 2.28. The van der Waals surface area contributed by atoms with Gasteiger partial charge in [0.1, 0.15) is 5.82 Å². The van der Waals surface area contributed by atoms with Crippen LogP contribution in [0, 0.1) is 5.82 Å². The molecule has 0 aliphatic carbocycles. The van der Waals surface area contributed by atoms with E-state index in [1.807, 2.05) is 24.3 Å². The Hall–Kier alpha value is -1.35. The van der Waals surface area contributed by atoms with Crippen molar-refractivity contribution in [1.82, 2.24) is 0 Å². The lowest BCUT2D eigenvalue weighted by atomic mass is 10.1. The molecule has 1 nitrogen and oxygen atoms in total. The molecule has 2 aromatic carbocycles. The molecule has 20 heavy (non-hydrogen) atoms. The van der Waals surface area contributed by atoms with Crippen molar-refractivity contribution in [1.29, 1.82) is 0 Å². The van der Waals surface area contributed by atoms with E-state index < -0.39 is 0 Å². The highest BCUT2D eigenvalue weighted by Gasteiger charge is 2.16. The smallest absolute Gasteiger partial charge is 0.129 e. The Morgan fingerprint density at radius 1 is 1.05 bits per heavy atom. The molecule has 0 bridgehead atoms. The molecule has 2 rings (SSSR count). The third-order valence-corrected chi connectivity index (χ3v) is 3.92. The van der Waals surface area contributed by atoms with Gasteiger partial charge in [-0.1, -0.05) is 52.3 Å². The van der Waals surface area contributed by atoms with Gasteiger partial charge < -0.3 is 4.90 Å². The first-order valence-corrected chi connectivity index (χ1v) is 7.89. The predicted molar refractivity (Wildman–Crippen MR) is 86.8 cm³/mol. The number of rotatable bonds is 5.